The zero-order valence-corrected chi connectivity index (χ0v) is 28.0. The van der Waals surface area contributed by atoms with Crippen molar-refractivity contribution in [2.45, 2.75) is 182 Å². The van der Waals surface area contributed by atoms with E-state index >= 15 is 0 Å². The van der Waals surface area contributed by atoms with Crippen molar-refractivity contribution in [3.8, 4) is 0 Å². The van der Waals surface area contributed by atoms with E-state index < -0.39 is 0 Å². The summed E-state index contributed by atoms with van der Waals surface area (Å²) in [6.45, 7) is 15.3. The Kier molecular flexibility index (Phi) is 40.9. The second-order valence-electron chi connectivity index (χ2n) is 11.3. The van der Waals surface area contributed by atoms with Crippen LogP contribution in [0.1, 0.15) is 182 Å². The molecule has 0 aliphatic rings. The van der Waals surface area contributed by atoms with Crippen molar-refractivity contribution < 1.29 is 41.0 Å². The minimum atomic E-state index is 0. The molecular weight excluding hydrogens is 553 g/mol. The van der Waals surface area contributed by atoms with E-state index in [2.05, 4.69) is 43.4 Å². The number of hydrogen-bond acceptors (Lipinski definition) is 1. The Bertz CT molecular complexity index is 314. The molecule has 0 spiro atoms. The third kappa shape index (κ3) is 29.3. The number of hydrogen-bond donors (Lipinski definition) is 0. The summed E-state index contributed by atoms with van der Waals surface area (Å²) in [5.74, 6) is 0. The van der Waals surface area contributed by atoms with Gasteiger partial charge in [-0.1, -0.05) is 130 Å². The molecule has 0 fully saturated rings. The van der Waals surface area contributed by atoms with E-state index in [1.807, 2.05) is 0 Å². The minimum absolute atomic E-state index is 0. The molecule has 0 amide bonds. The fraction of sp³-hybridized carbons (Fsp3) is 1.00. The van der Waals surface area contributed by atoms with E-state index in [0.29, 0.717) is 0 Å². The maximum absolute atomic E-state index is 7.94. The summed E-state index contributed by atoms with van der Waals surface area (Å²) < 4.78 is 9.41. The first kappa shape index (κ1) is 41.2. The van der Waals surface area contributed by atoms with Crippen LogP contribution in [0.4, 0.5) is 0 Å². The molecule has 0 aliphatic heterocycles. The van der Waals surface area contributed by atoms with Gasteiger partial charge < -0.3 is 21.5 Å². The quantitative estimate of drug-likeness (QED) is 0.0637. The van der Waals surface area contributed by atoms with Crippen molar-refractivity contribution >= 4 is 0 Å². The van der Waals surface area contributed by atoms with Gasteiger partial charge >= 0.3 is 19.5 Å². The van der Waals surface area contributed by atoms with Crippen molar-refractivity contribution in [3.63, 3.8) is 0 Å². The van der Waals surface area contributed by atoms with E-state index in [1.165, 1.54) is 185 Å². The van der Waals surface area contributed by atoms with Gasteiger partial charge in [0.25, 0.3) is 0 Å². The maximum atomic E-state index is 7.94. The molecule has 2 nitrogen and oxygen atoms in total. The molecule has 223 valence electrons. The van der Waals surface area contributed by atoms with Crippen LogP contribution in [0.2, 0.25) is 0 Å². The molecule has 0 radical (unpaired) electrons. The number of halogens is 1. The van der Waals surface area contributed by atoms with Crippen molar-refractivity contribution in [2.24, 2.45) is 0 Å². The number of nitrogens with zero attached hydrogens (tertiary/aromatic N) is 1. The van der Waals surface area contributed by atoms with Gasteiger partial charge in [0, 0.05) is 0 Å². The van der Waals surface area contributed by atoms with Crippen molar-refractivity contribution in [2.75, 3.05) is 26.2 Å². The summed E-state index contributed by atoms with van der Waals surface area (Å²) in [6, 6.07) is 0. The molecule has 0 heterocycles. The van der Waals surface area contributed by atoms with Crippen LogP contribution in [-0.4, -0.2) is 30.7 Å². The molecule has 0 rings (SSSR count). The first-order valence-electron chi connectivity index (χ1n) is 16.2. The van der Waals surface area contributed by atoms with Crippen molar-refractivity contribution in [3.05, 3.63) is 0 Å². The van der Waals surface area contributed by atoms with Gasteiger partial charge in [0.2, 0.25) is 0 Å². The normalized spacial score (nSPS) is 11.1. The Morgan fingerprint density at radius 2 is 0.500 bits per heavy atom. The van der Waals surface area contributed by atoms with E-state index in [1.54, 1.807) is 0 Å². The molecule has 0 aromatic heterocycles. The molecule has 0 aromatic carbocycles. The fourth-order valence-electron chi connectivity index (χ4n) is 5.58. The second kappa shape index (κ2) is 35.7. The zero-order valence-electron chi connectivity index (χ0n) is 25.4. The van der Waals surface area contributed by atoms with E-state index in [0.717, 1.165) is 0 Å². The fourth-order valence-corrected chi connectivity index (χ4v) is 5.58. The van der Waals surface area contributed by atoms with E-state index in [4.69, 9.17) is 3.87 Å². The Morgan fingerprint density at radius 3 is 0.694 bits per heavy atom. The standard InChI is InChI=1S/C32H68N.BrH.Co.O/c1-5-9-13-17-21-25-29-33(30-26-22-18-14-10-6-2,31-27-23-19-15-11-7-3)32-28-24-20-16-12-8-4;;;/h5-32H2,1-4H3;1H;;/q+1;;;/p-1. The van der Waals surface area contributed by atoms with Crippen LogP contribution in [-0.2, 0) is 19.5 Å². The van der Waals surface area contributed by atoms with Crippen LogP contribution < -0.4 is 17.0 Å². The van der Waals surface area contributed by atoms with E-state index in [-0.39, 0.29) is 17.0 Å². The monoisotopic (exact) mass is 620 g/mol. The third-order valence-electron chi connectivity index (χ3n) is 7.94. The topological polar surface area (TPSA) is 17.1 Å². The Hall–Kier alpha value is 0.746. The van der Waals surface area contributed by atoms with Crippen LogP contribution in [0.25, 0.3) is 0 Å². The van der Waals surface area contributed by atoms with Crippen LogP contribution in [0.3, 0.4) is 0 Å². The summed E-state index contributed by atoms with van der Waals surface area (Å²) >= 11 is 2.31. The summed E-state index contributed by atoms with van der Waals surface area (Å²) in [7, 11) is 0. The van der Waals surface area contributed by atoms with Gasteiger partial charge in [-0.15, -0.1) is 0 Å². The average molecular weight is 622 g/mol. The first-order valence-corrected chi connectivity index (χ1v) is 16.7. The summed E-state index contributed by atoms with van der Waals surface area (Å²) in [6.07, 6.45) is 34.8. The third-order valence-corrected chi connectivity index (χ3v) is 7.94. The van der Waals surface area contributed by atoms with Crippen LogP contribution in [0.15, 0.2) is 0 Å². The molecule has 36 heavy (non-hydrogen) atoms. The molecule has 4 heteroatoms. The van der Waals surface area contributed by atoms with Gasteiger partial charge in [-0.3, -0.25) is 0 Å². The number of quaternary nitrogens is 1. The van der Waals surface area contributed by atoms with Gasteiger partial charge in [0.1, 0.15) is 0 Å². The van der Waals surface area contributed by atoms with Gasteiger partial charge in [0.05, 0.1) is 26.2 Å². The zero-order chi connectivity index (χ0) is 26.3. The molecule has 0 saturated heterocycles. The Balaban J connectivity index is -0.00000353. The molecule has 0 aromatic rings. The van der Waals surface area contributed by atoms with Gasteiger partial charge in [-0.05, 0) is 51.4 Å². The first-order chi connectivity index (χ1) is 17.2. The predicted octanol–water partition coefficient (Wildman–Crippen LogP) is 8.13. The summed E-state index contributed by atoms with van der Waals surface area (Å²) in [5, 5.41) is 0. The molecule has 0 aliphatic carbocycles. The second-order valence-corrected chi connectivity index (χ2v) is 11.3. The number of rotatable bonds is 28. The average Bonchev–Trinajstić information content (AvgIpc) is 2.88. The van der Waals surface area contributed by atoms with Crippen molar-refractivity contribution in [1.29, 1.82) is 0 Å². The van der Waals surface area contributed by atoms with E-state index in [9.17, 15) is 0 Å². The summed E-state index contributed by atoms with van der Waals surface area (Å²) in [5.41, 5.74) is 0. The van der Waals surface area contributed by atoms with Gasteiger partial charge in [-0.25, -0.2) is 0 Å². The SMILES string of the molecule is CCCCCCCC[N+](CCCCCCCC)(CCCCCCCC)CCCCCCCC.[Br-].[O]=[Co]. The molecular formula is C32H68BrCoNO. The van der Waals surface area contributed by atoms with Gasteiger partial charge in [0.15, 0.2) is 0 Å². The molecule has 0 N–H and O–H groups in total. The molecule has 0 saturated carbocycles. The van der Waals surface area contributed by atoms with Crippen LogP contribution >= 0.6 is 0 Å². The molecule has 0 bridgehead atoms. The Labute approximate surface area is 248 Å². The van der Waals surface area contributed by atoms with Crippen LogP contribution in [0, 0.1) is 0 Å². The molecule has 0 unspecified atom stereocenters. The van der Waals surface area contributed by atoms with Gasteiger partial charge in [-0.2, -0.15) is 0 Å². The number of unbranched alkanes of at least 4 members (excludes halogenated alkanes) is 20. The molecule has 0 atom stereocenters. The van der Waals surface area contributed by atoms with Crippen LogP contribution in [0.5, 0.6) is 0 Å². The Morgan fingerprint density at radius 1 is 0.333 bits per heavy atom. The van der Waals surface area contributed by atoms with Crippen molar-refractivity contribution in [1.82, 2.24) is 0 Å². The summed E-state index contributed by atoms with van der Waals surface area (Å²) in [4.78, 5) is 0. The predicted molar refractivity (Wildman–Crippen MR) is 154 cm³/mol.